The third-order valence-corrected chi connectivity index (χ3v) is 13.0. The smallest absolute Gasteiger partial charge is 0.306 e. The van der Waals surface area contributed by atoms with Gasteiger partial charge in [0, 0.05) is 19.3 Å². The largest absolute Gasteiger partial charge is 0.462 e. The summed E-state index contributed by atoms with van der Waals surface area (Å²) in [7, 11) is 0. The Morgan fingerprint density at radius 1 is 0.302 bits per heavy atom. The van der Waals surface area contributed by atoms with Gasteiger partial charge in [-0.05, 0) is 31.1 Å². The van der Waals surface area contributed by atoms with Gasteiger partial charge in [-0.3, -0.25) is 14.4 Å². The van der Waals surface area contributed by atoms with Crippen LogP contribution in [0.25, 0.3) is 0 Å². The fourth-order valence-electron chi connectivity index (χ4n) is 8.70. The quantitative estimate of drug-likeness (QED) is 0.0344. The molecule has 0 bridgehead atoms. The van der Waals surface area contributed by atoms with Gasteiger partial charge in [0.05, 0.1) is 0 Å². The minimum absolute atomic E-state index is 0.0629. The Balaban J connectivity index is 4.28. The van der Waals surface area contributed by atoms with Crippen LogP contribution in [0.2, 0.25) is 0 Å². The normalized spacial score (nSPS) is 12.0. The van der Waals surface area contributed by atoms with Crippen molar-refractivity contribution in [3.8, 4) is 0 Å². The lowest BCUT2D eigenvalue weighted by Crippen LogP contribution is -2.30. The van der Waals surface area contributed by atoms with E-state index in [9.17, 15) is 14.4 Å². The Hall–Kier alpha value is -1.59. The Morgan fingerprint density at radius 3 is 0.778 bits per heavy atom. The summed E-state index contributed by atoms with van der Waals surface area (Å²) in [4.78, 5) is 38.1. The van der Waals surface area contributed by atoms with Crippen molar-refractivity contribution >= 4 is 17.9 Å². The first-order chi connectivity index (χ1) is 30.7. The summed E-state index contributed by atoms with van der Waals surface area (Å²) in [6.07, 6.45) is 52.3. The zero-order valence-corrected chi connectivity index (χ0v) is 43.2. The molecule has 0 N–H and O–H groups in total. The molecule has 374 valence electrons. The molecule has 0 heterocycles. The van der Waals surface area contributed by atoms with Crippen LogP contribution in [0.4, 0.5) is 0 Å². The second-order valence-corrected chi connectivity index (χ2v) is 20.5. The van der Waals surface area contributed by atoms with Crippen LogP contribution in [0.1, 0.15) is 317 Å². The summed E-state index contributed by atoms with van der Waals surface area (Å²) in [6, 6.07) is 0. The Kier molecular flexibility index (Phi) is 48.6. The van der Waals surface area contributed by atoms with Crippen molar-refractivity contribution in [2.45, 2.75) is 323 Å². The first-order valence-corrected chi connectivity index (χ1v) is 28.2. The Bertz CT molecular complexity index is 962. The van der Waals surface area contributed by atoms with Gasteiger partial charge in [-0.25, -0.2) is 0 Å². The first-order valence-electron chi connectivity index (χ1n) is 28.2. The van der Waals surface area contributed by atoms with E-state index in [-0.39, 0.29) is 31.1 Å². The highest BCUT2D eigenvalue weighted by Crippen LogP contribution is 2.18. The molecule has 0 aliphatic rings. The summed E-state index contributed by atoms with van der Waals surface area (Å²) in [5.74, 6) is 0.837. The Labute approximate surface area is 393 Å². The zero-order valence-electron chi connectivity index (χ0n) is 43.2. The first kappa shape index (κ1) is 61.4. The van der Waals surface area contributed by atoms with Crippen LogP contribution < -0.4 is 0 Å². The molecule has 63 heavy (non-hydrogen) atoms. The van der Waals surface area contributed by atoms with Crippen molar-refractivity contribution in [1.29, 1.82) is 0 Å². The number of esters is 3. The van der Waals surface area contributed by atoms with Crippen LogP contribution in [-0.4, -0.2) is 37.2 Å². The molecule has 6 nitrogen and oxygen atoms in total. The maximum atomic E-state index is 12.8. The predicted molar refractivity (Wildman–Crippen MR) is 270 cm³/mol. The van der Waals surface area contributed by atoms with Crippen LogP contribution in [-0.2, 0) is 28.6 Å². The molecule has 0 spiro atoms. The summed E-state index contributed by atoms with van der Waals surface area (Å²) < 4.78 is 16.9. The average Bonchev–Trinajstić information content (AvgIpc) is 3.25. The van der Waals surface area contributed by atoms with Crippen LogP contribution in [0.5, 0.6) is 0 Å². The fourth-order valence-corrected chi connectivity index (χ4v) is 8.70. The molecular formula is C57H110O6. The molecule has 1 atom stereocenters. The molecule has 0 saturated heterocycles. The second-order valence-electron chi connectivity index (χ2n) is 20.5. The molecule has 0 aromatic heterocycles. The molecule has 0 saturated carbocycles. The number of hydrogen-bond donors (Lipinski definition) is 0. The highest BCUT2D eigenvalue weighted by Gasteiger charge is 2.19. The molecule has 0 aliphatic carbocycles. The molecule has 0 rings (SSSR count). The van der Waals surface area contributed by atoms with Crippen molar-refractivity contribution in [2.24, 2.45) is 11.8 Å². The van der Waals surface area contributed by atoms with Crippen LogP contribution in [0, 0.1) is 11.8 Å². The Morgan fingerprint density at radius 2 is 0.524 bits per heavy atom. The highest BCUT2D eigenvalue weighted by molar-refractivity contribution is 5.71. The van der Waals surface area contributed by atoms with Crippen molar-refractivity contribution in [1.82, 2.24) is 0 Å². The van der Waals surface area contributed by atoms with Crippen molar-refractivity contribution in [3.63, 3.8) is 0 Å². The number of unbranched alkanes of at least 4 members (excludes halogenated alkanes) is 36. The van der Waals surface area contributed by atoms with Gasteiger partial charge in [0.15, 0.2) is 6.10 Å². The number of ether oxygens (including phenoxy) is 3. The van der Waals surface area contributed by atoms with E-state index in [1.807, 2.05) is 0 Å². The maximum absolute atomic E-state index is 12.8. The van der Waals surface area contributed by atoms with Crippen LogP contribution >= 0.6 is 0 Å². The number of carbonyl (C=O) groups excluding carboxylic acids is 3. The number of hydrogen-bond acceptors (Lipinski definition) is 6. The molecule has 0 aromatic rings. The lowest BCUT2D eigenvalue weighted by molar-refractivity contribution is -0.167. The van der Waals surface area contributed by atoms with Crippen LogP contribution in [0.15, 0.2) is 0 Å². The molecule has 6 heteroatoms. The summed E-state index contributed by atoms with van der Waals surface area (Å²) in [5, 5.41) is 0. The monoisotopic (exact) mass is 891 g/mol. The van der Waals surface area contributed by atoms with E-state index >= 15 is 0 Å². The topological polar surface area (TPSA) is 78.9 Å². The minimum atomic E-state index is -0.762. The van der Waals surface area contributed by atoms with Crippen molar-refractivity contribution in [2.75, 3.05) is 13.2 Å². The third kappa shape index (κ3) is 51.3. The van der Waals surface area contributed by atoms with E-state index in [1.165, 1.54) is 205 Å². The fraction of sp³-hybridized carbons (Fsp3) is 0.947. The molecule has 0 unspecified atom stereocenters. The second kappa shape index (κ2) is 49.8. The van der Waals surface area contributed by atoms with Gasteiger partial charge in [0.2, 0.25) is 0 Å². The molecule has 0 fully saturated rings. The highest BCUT2D eigenvalue weighted by atomic mass is 16.6. The van der Waals surface area contributed by atoms with Gasteiger partial charge in [-0.15, -0.1) is 0 Å². The van der Waals surface area contributed by atoms with Crippen molar-refractivity contribution < 1.29 is 28.6 Å². The van der Waals surface area contributed by atoms with Crippen molar-refractivity contribution in [3.05, 3.63) is 0 Å². The van der Waals surface area contributed by atoms with E-state index in [1.54, 1.807) is 0 Å². The molecule has 0 aromatic carbocycles. The van der Waals surface area contributed by atoms with Gasteiger partial charge < -0.3 is 14.2 Å². The molecular weight excluding hydrogens is 781 g/mol. The van der Waals surface area contributed by atoms with Crippen LogP contribution in [0.3, 0.4) is 0 Å². The van der Waals surface area contributed by atoms with E-state index in [0.717, 1.165) is 69.6 Å². The zero-order chi connectivity index (χ0) is 46.1. The summed E-state index contributed by atoms with van der Waals surface area (Å²) >= 11 is 0. The third-order valence-electron chi connectivity index (χ3n) is 13.0. The molecule has 0 radical (unpaired) electrons. The standard InChI is InChI=1S/C57H110O6/c1-6-7-8-9-10-11-12-22-27-32-37-42-47-55(58)61-50-54(51-62-56(59)48-43-38-33-28-24-19-21-26-31-36-41-46-53(4)5)63-57(60)49-44-39-34-29-23-18-16-14-13-15-17-20-25-30-35-40-45-52(2)3/h52-54H,6-51H2,1-5H3/t54-/m0/s1. The molecule has 0 aliphatic heterocycles. The lowest BCUT2D eigenvalue weighted by Gasteiger charge is -2.18. The van der Waals surface area contributed by atoms with Gasteiger partial charge in [-0.1, -0.05) is 279 Å². The minimum Gasteiger partial charge on any atom is -0.462 e. The summed E-state index contributed by atoms with van der Waals surface area (Å²) in [6.45, 7) is 11.4. The van der Waals surface area contributed by atoms with E-state index in [2.05, 4.69) is 34.6 Å². The predicted octanol–water partition coefficient (Wildman–Crippen LogP) is 18.5. The number of carbonyl (C=O) groups is 3. The SMILES string of the molecule is CCCCCCCCCCCCCCC(=O)OC[C@@H](COC(=O)CCCCCCCCCCCCCC(C)C)OC(=O)CCCCCCCCCCCCCCCCCCC(C)C. The van der Waals surface area contributed by atoms with E-state index < -0.39 is 6.10 Å². The number of rotatable bonds is 51. The molecule has 0 amide bonds. The van der Waals surface area contributed by atoms with Gasteiger partial charge in [0.1, 0.15) is 13.2 Å². The van der Waals surface area contributed by atoms with Gasteiger partial charge in [-0.2, -0.15) is 0 Å². The van der Waals surface area contributed by atoms with Gasteiger partial charge >= 0.3 is 17.9 Å². The van der Waals surface area contributed by atoms with Gasteiger partial charge in [0.25, 0.3) is 0 Å². The van der Waals surface area contributed by atoms with E-state index in [4.69, 9.17) is 14.2 Å². The maximum Gasteiger partial charge on any atom is 0.306 e. The summed E-state index contributed by atoms with van der Waals surface area (Å²) in [5.41, 5.74) is 0. The average molecular weight is 892 g/mol. The lowest BCUT2D eigenvalue weighted by atomic mass is 10.0. The van der Waals surface area contributed by atoms with E-state index in [0.29, 0.717) is 19.3 Å².